The zero-order chi connectivity index (χ0) is 22.9. The van der Waals surface area contributed by atoms with Crippen molar-refractivity contribution in [1.82, 2.24) is 4.98 Å². The third kappa shape index (κ3) is 3.77. The van der Waals surface area contributed by atoms with Crippen molar-refractivity contribution >= 4 is 11.6 Å². The summed E-state index contributed by atoms with van der Waals surface area (Å²) in [6.45, 7) is 5.05. The van der Waals surface area contributed by atoms with Gasteiger partial charge in [-0.15, -0.1) is 0 Å². The lowest BCUT2D eigenvalue weighted by Crippen LogP contribution is -2.29. The highest BCUT2D eigenvalue weighted by Gasteiger charge is 2.39. The highest BCUT2D eigenvalue weighted by molar-refractivity contribution is 5.98. The quantitative estimate of drug-likeness (QED) is 0.722. The van der Waals surface area contributed by atoms with Gasteiger partial charge < -0.3 is 20.5 Å². The van der Waals surface area contributed by atoms with Crippen molar-refractivity contribution in [2.24, 2.45) is 5.73 Å². The van der Waals surface area contributed by atoms with E-state index in [0.29, 0.717) is 22.6 Å². The number of aryl methyl sites for hydroxylation is 1. The lowest BCUT2D eigenvalue weighted by Gasteiger charge is -2.33. The summed E-state index contributed by atoms with van der Waals surface area (Å²) in [6.07, 6.45) is -2.81. The lowest BCUT2D eigenvalue weighted by molar-refractivity contribution is -0.114. The van der Waals surface area contributed by atoms with Crippen LogP contribution in [0.25, 0.3) is 0 Å². The zero-order valence-electron chi connectivity index (χ0n) is 17.5. The van der Waals surface area contributed by atoms with Gasteiger partial charge in [-0.2, -0.15) is 5.26 Å². The van der Waals surface area contributed by atoms with Crippen LogP contribution in [0.3, 0.4) is 0 Å². The fourth-order valence-corrected chi connectivity index (χ4v) is 3.89. The minimum Gasteiger partial charge on any atom is -0.496 e. The molecule has 3 N–H and O–H groups in total. The van der Waals surface area contributed by atoms with Crippen molar-refractivity contribution in [3.05, 3.63) is 57.4 Å². The number of ether oxygens (including phenoxy) is 2. The number of allylic oxidation sites excluding steroid dienone is 1. The molecule has 0 fully saturated rings. The number of rotatable bonds is 6. The van der Waals surface area contributed by atoms with Crippen molar-refractivity contribution in [1.29, 1.82) is 5.26 Å². The van der Waals surface area contributed by atoms with E-state index in [1.807, 2.05) is 6.07 Å². The first-order chi connectivity index (χ1) is 14.7. The number of fused-ring (bicyclic) bond motifs is 1. The molecule has 1 atom stereocenters. The average molecular weight is 428 g/mol. The van der Waals surface area contributed by atoms with Crippen molar-refractivity contribution < 1.29 is 23.0 Å². The van der Waals surface area contributed by atoms with E-state index in [4.69, 9.17) is 15.2 Å². The summed E-state index contributed by atoms with van der Waals surface area (Å²) in [5.41, 5.74) is 7.27. The Hall–Kier alpha value is -3.67. The minimum absolute atomic E-state index is 0.116. The molecule has 3 rings (SSSR count). The van der Waals surface area contributed by atoms with E-state index in [1.54, 1.807) is 26.0 Å². The third-order valence-electron chi connectivity index (χ3n) is 5.16. The molecule has 2 heterocycles. The predicted molar refractivity (Wildman–Crippen MR) is 110 cm³/mol. The number of alkyl halides is 2. The van der Waals surface area contributed by atoms with Gasteiger partial charge in [-0.25, -0.2) is 13.8 Å². The maximum atomic E-state index is 14.0. The van der Waals surface area contributed by atoms with E-state index in [2.05, 4.69) is 10.3 Å². The number of hydrogen-bond donors (Lipinski definition) is 2. The summed E-state index contributed by atoms with van der Waals surface area (Å²) in [6, 6.07) is 6.71. The van der Waals surface area contributed by atoms with Crippen LogP contribution in [-0.4, -0.2) is 24.6 Å². The Labute approximate surface area is 178 Å². The number of carbonyl (C=O) groups excluding carboxylic acids is 1. The van der Waals surface area contributed by atoms with Crippen LogP contribution in [-0.2, 0) is 4.79 Å². The molecular formula is C22H22F2N4O3. The summed E-state index contributed by atoms with van der Waals surface area (Å²) in [7, 11) is 1.42. The topological polar surface area (TPSA) is 110 Å². The number of carbonyl (C=O) groups is 1. The van der Waals surface area contributed by atoms with Crippen molar-refractivity contribution in [2.75, 3.05) is 19.0 Å². The number of methoxy groups -OCH3 is 1. The SMILES string of the molecule is CCOc1nc(C)c(C(F)F)c2c1C(c1ccc(C#N)cc1OC)C(C(N)=O)=C(C)N2. The monoisotopic (exact) mass is 428 g/mol. The number of nitrogens with one attached hydrogen (secondary N) is 1. The van der Waals surface area contributed by atoms with Crippen molar-refractivity contribution in [3.8, 4) is 17.7 Å². The largest absolute Gasteiger partial charge is 0.496 e. The van der Waals surface area contributed by atoms with E-state index >= 15 is 0 Å². The first kappa shape index (κ1) is 22.0. The number of hydrogen-bond acceptors (Lipinski definition) is 6. The summed E-state index contributed by atoms with van der Waals surface area (Å²) in [4.78, 5) is 16.7. The standard InChI is InChI=1S/C22H22F2N4O3/c1-5-31-22-18-17(13-7-6-12(9-25)8-14(13)30-4)15(21(26)29)10(2)27-19(18)16(20(23)24)11(3)28-22/h6-8,17,20,27H,5H2,1-4H3,(H2,26,29). The molecule has 0 spiro atoms. The highest BCUT2D eigenvalue weighted by Crippen LogP contribution is 2.51. The number of pyridine rings is 1. The first-order valence-corrected chi connectivity index (χ1v) is 9.56. The number of aromatic nitrogens is 1. The second kappa shape index (κ2) is 8.60. The fraction of sp³-hybridized carbons (Fsp3) is 0.318. The maximum absolute atomic E-state index is 14.0. The fourth-order valence-electron chi connectivity index (χ4n) is 3.89. The van der Waals surface area contributed by atoms with Crippen LogP contribution < -0.4 is 20.5 Å². The van der Waals surface area contributed by atoms with Crippen LogP contribution in [0, 0.1) is 18.3 Å². The van der Waals surface area contributed by atoms with Crippen molar-refractivity contribution in [2.45, 2.75) is 33.1 Å². The molecule has 0 radical (unpaired) electrons. The van der Waals surface area contributed by atoms with E-state index in [9.17, 15) is 18.8 Å². The van der Waals surface area contributed by atoms with Gasteiger partial charge in [0.05, 0.1) is 53.8 Å². The average Bonchev–Trinajstić information content (AvgIpc) is 2.71. The van der Waals surface area contributed by atoms with Crippen LogP contribution in [0.15, 0.2) is 29.5 Å². The lowest BCUT2D eigenvalue weighted by atomic mass is 9.79. The van der Waals surface area contributed by atoms with Gasteiger partial charge in [0.1, 0.15) is 5.75 Å². The van der Waals surface area contributed by atoms with Gasteiger partial charge >= 0.3 is 0 Å². The Balaban J connectivity index is 2.45. The molecule has 1 aliphatic heterocycles. The Bertz CT molecular complexity index is 1120. The molecule has 1 aromatic carbocycles. The van der Waals surface area contributed by atoms with E-state index < -0.39 is 18.3 Å². The van der Waals surface area contributed by atoms with Crippen LogP contribution >= 0.6 is 0 Å². The Morgan fingerprint density at radius 2 is 2.10 bits per heavy atom. The second-order valence-electron chi connectivity index (χ2n) is 6.97. The smallest absolute Gasteiger partial charge is 0.267 e. The summed E-state index contributed by atoms with van der Waals surface area (Å²) >= 11 is 0. The van der Waals surface area contributed by atoms with Crippen LogP contribution in [0.1, 0.15) is 54.1 Å². The van der Waals surface area contributed by atoms with Gasteiger partial charge in [-0.05, 0) is 32.9 Å². The zero-order valence-corrected chi connectivity index (χ0v) is 17.5. The minimum atomic E-state index is -2.81. The van der Waals surface area contributed by atoms with Crippen LogP contribution in [0.5, 0.6) is 11.6 Å². The van der Waals surface area contributed by atoms with Gasteiger partial charge in [0.25, 0.3) is 6.43 Å². The molecule has 1 aliphatic rings. The van der Waals surface area contributed by atoms with Gasteiger partial charge in [0.2, 0.25) is 11.8 Å². The number of nitrogens with two attached hydrogens (primary N) is 1. The molecule has 1 aromatic heterocycles. The molecule has 9 heteroatoms. The molecule has 7 nitrogen and oxygen atoms in total. The predicted octanol–water partition coefficient (Wildman–Crippen LogP) is 3.92. The third-order valence-corrected chi connectivity index (χ3v) is 5.16. The number of amides is 1. The normalized spacial score (nSPS) is 15.2. The van der Waals surface area contributed by atoms with Gasteiger partial charge in [-0.3, -0.25) is 4.79 Å². The van der Waals surface area contributed by atoms with Crippen molar-refractivity contribution in [3.63, 3.8) is 0 Å². The van der Waals surface area contributed by atoms with Crippen LogP contribution in [0.2, 0.25) is 0 Å². The highest BCUT2D eigenvalue weighted by atomic mass is 19.3. The molecule has 0 saturated carbocycles. The number of nitriles is 1. The van der Waals surface area contributed by atoms with Gasteiger partial charge in [0.15, 0.2) is 0 Å². The summed E-state index contributed by atoms with van der Waals surface area (Å²) in [5, 5.41) is 12.2. The number of primary amides is 1. The molecule has 1 unspecified atom stereocenters. The van der Waals surface area contributed by atoms with E-state index in [1.165, 1.54) is 20.1 Å². The Morgan fingerprint density at radius 3 is 2.65 bits per heavy atom. The molecule has 162 valence electrons. The van der Waals surface area contributed by atoms with E-state index in [0.717, 1.165) is 0 Å². The molecule has 0 bridgehead atoms. The molecule has 2 aromatic rings. The number of nitrogens with zero attached hydrogens (tertiary/aromatic N) is 2. The van der Waals surface area contributed by atoms with E-state index in [-0.39, 0.29) is 40.6 Å². The maximum Gasteiger partial charge on any atom is 0.267 e. The number of halogens is 2. The molecule has 1 amide bonds. The van der Waals surface area contributed by atoms with Gasteiger partial charge in [-0.1, -0.05) is 6.07 Å². The second-order valence-corrected chi connectivity index (χ2v) is 6.97. The Kier molecular flexibility index (Phi) is 6.11. The molecule has 0 saturated heterocycles. The molecule has 31 heavy (non-hydrogen) atoms. The number of benzene rings is 1. The van der Waals surface area contributed by atoms with Crippen LogP contribution in [0.4, 0.5) is 14.5 Å². The molecule has 0 aliphatic carbocycles. The summed E-state index contributed by atoms with van der Waals surface area (Å²) < 4.78 is 39.2. The summed E-state index contributed by atoms with van der Waals surface area (Å²) in [5.74, 6) is -1.18. The number of anilines is 1. The van der Waals surface area contributed by atoms with Gasteiger partial charge in [0, 0.05) is 16.8 Å². The Morgan fingerprint density at radius 1 is 1.39 bits per heavy atom. The molecular weight excluding hydrogens is 406 g/mol. The first-order valence-electron chi connectivity index (χ1n) is 9.56.